The van der Waals surface area contributed by atoms with Crippen molar-refractivity contribution in [1.82, 2.24) is 24.6 Å². The fraction of sp³-hybridized carbons (Fsp3) is 0.269. The molecule has 2 aliphatic heterocycles. The van der Waals surface area contributed by atoms with Gasteiger partial charge in [-0.3, -0.25) is 4.90 Å². The third-order valence-corrected chi connectivity index (χ3v) is 6.34. The highest BCUT2D eigenvalue weighted by Crippen LogP contribution is 2.33. The minimum atomic E-state index is 0.309. The van der Waals surface area contributed by atoms with Crippen LogP contribution in [-0.2, 0) is 6.54 Å². The van der Waals surface area contributed by atoms with E-state index in [1.54, 1.807) is 0 Å². The number of piperazine rings is 1. The molecule has 8 nitrogen and oxygen atoms in total. The summed E-state index contributed by atoms with van der Waals surface area (Å²) in [6.45, 7) is 6.89. The third kappa shape index (κ3) is 4.08. The molecule has 1 fully saturated rings. The van der Waals surface area contributed by atoms with Crippen molar-refractivity contribution in [2.45, 2.75) is 13.5 Å². The molecule has 0 atom stereocenters. The first-order chi connectivity index (χ1) is 16.7. The second-order valence-electron chi connectivity index (χ2n) is 8.60. The molecule has 4 heterocycles. The number of hydrogen-bond acceptors (Lipinski definition) is 7. The number of ether oxygens (including phenoxy) is 2. The van der Waals surface area contributed by atoms with Gasteiger partial charge in [0, 0.05) is 50.7 Å². The van der Waals surface area contributed by atoms with E-state index in [-0.39, 0.29) is 0 Å². The summed E-state index contributed by atoms with van der Waals surface area (Å²) in [4.78, 5) is 14.2. The van der Waals surface area contributed by atoms with E-state index in [9.17, 15) is 0 Å². The molecule has 0 unspecified atom stereocenters. The first-order valence-electron chi connectivity index (χ1n) is 11.5. The van der Waals surface area contributed by atoms with Crippen molar-refractivity contribution >= 4 is 5.95 Å². The second-order valence-corrected chi connectivity index (χ2v) is 8.60. The predicted molar refractivity (Wildman–Crippen MR) is 129 cm³/mol. The monoisotopic (exact) mass is 454 g/mol. The summed E-state index contributed by atoms with van der Waals surface area (Å²) < 4.78 is 12.8. The molecule has 0 radical (unpaired) electrons. The Labute approximate surface area is 198 Å². The Morgan fingerprint density at radius 2 is 1.74 bits per heavy atom. The maximum atomic E-state index is 5.51. The normalized spacial score (nSPS) is 15.6. The van der Waals surface area contributed by atoms with Crippen molar-refractivity contribution in [2.24, 2.45) is 0 Å². The van der Waals surface area contributed by atoms with Gasteiger partial charge in [-0.25, -0.2) is 14.6 Å². The van der Waals surface area contributed by atoms with Gasteiger partial charge in [0.05, 0.1) is 17.1 Å². The average molecular weight is 455 g/mol. The Balaban J connectivity index is 1.13. The quantitative estimate of drug-likeness (QED) is 0.456. The van der Waals surface area contributed by atoms with Gasteiger partial charge in [-0.05, 0) is 42.8 Å². The molecular weight excluding hydrogens is 428 g/mol. The van der Waals surface area contributed by atoms with Gasteiger partial charge in [0.15, 0.2) is 11.5 Å². The van der Waals surface area contributed by atoms with Crippen LogP contribution in [-0.4, -0.2) is 57.6 Å². The van der Waals surface area contributed by atoms with Crippen LogP contribution in [0.15, 0.2) is 67.0 Å². The number of anilines is 1. The lowest BCUT2D eigenvalue weighted by Gasteiger charge is -2.34. The number of aryl methyl sites for hydroxylation is 1. The summed E-state index contributed by atoms with van der Waals surface area (Å²) in [5, 5.41) is 4.69. The Kier molecular flexibility index (Phi) is 5.35. The first kappa shape index (κ1) is 20.7. The zero-order valence-corrected chi connectivity index (χ0v) is 19.1. The molecule has 0 saturated carbocycles. The van der Waals surface area contributed by atoms with Crippen molar-refractivity contribution < 1.29 is 9.47 Å². The van der Waals surface area contributed by atoms with Crippen LogP contribution in [0.5, 0.6) is 11.5 Å². The summed E-state index contributed by atoms with van der Waals surface area (Å²) in [6, 6.07) is 18.3. The van der Waals surface area contributed by atoms with Gasteiger partial charge >= 0.3 is 0 Å². The molecule has 6 rings (SSSR count). The highest BCUT2D eigenvalue weighted by Gasteiger charge is 2.21. The van der Waals surface area contributed by atoms with Gasteiger partial charge < -0.3 is 14.4 Å². The highest BCUT2D eigenvalue weighted by molar-refractivity contribution is 5.62. The number of para-hydroxylation sites is 1. The number of rotatable bonds is 5. The Morgan fingerprint density at radius 1 is 0.912 bits per heavy atom. The molecule has 2 aliphatic rings. The Bertz CT molecular complexity index is 1300. The minimum Gasteiger partial charge on any atom is -0.454 e. The SMILES string of the molecule is Cc1nn(-c2ccccc2)cc1-c1ccnc(N2CCN(Cc3ccc4c(c3)OCO4)CC2)n1. The maximum absolute atomic E-state index is 5.51. The van der Waals surface area contributed by atoms with Crippen molar-refractivity contribution in [3.8, 4) is 28.4 Å². The van der Waals surface area contributed by atoms with Crippen molar-refractivity contribution in [2.75, 3.05) is 37.9 Å². The van der Waals surface area contributed by atoms with Crippen molar-refractivity contribution in [1.29, 1.82) is 0 Å². The average Bonchev–Trinajstić information content (AvgIpc) is 3.51. The van der Waals surface area contributed by atoms with Gasteiger partial charge in [-0.2, -0.15) is 5.10 Å². The lowest BCUT2D eigenvalue weighted by Crippen LogP contribution is -2.46. The van der Waals surface area contributed by atoms with Crippen LogP contribution in [0.25, 0.3) is 16.9 Å². The molecule has 0 N–H and O–H groups in total. The van der Waals surface area contributed by atoms with Crippen LogP contribution in [0.4, 0.5) is 5.95 Å². The predicted octanol–water partition coefficient (Wildman–Crippen LogP) is 3.69. The van der Waals surface area contributed by atoms with E-state index < -0.39 is 0 Å². The molecule has 1 saturated heterocycles. The minimum absolute atomic E-state index is 0.309. The standard InChI is InChI=1S/C26H26N6O2/c1-19-22(17-32(29-19)21-5-3-2-4-6-21)23-9-10-27-26(28-23)31-13-11-30(12-14-31)16-20-7-8-24-25(15-20)34-18-33-24/h2-10,15,17H,11-14,16,18H2,1H3. The van der Waals surface area contributed by atoms with Gasteiger partial charge in [-0.1, -0.05) is 24.3 Å². The fourth-order valence-electron chi connectivity index (χ4n) is 4.48. The number of fused-ring (bicyclic) bond motifs is 1. The highest BCUT2D eigenvalue weighted by atomic mass is 16.7. The zero-order chi connectivity index (χ0) is 22.9. The van der Waals surface area contributed by atoms with Gasteiger partial charge in [0.1, 0.15) is 0 Å². The molecule has 0 amide bonds. The van der Waals surface area contributed by atoms with Crippen LogP contribution in [0, 0.1) is 6.92 Å². The smallest absolute Gasteiger partial charge is 0.231 e. The summed E-state index contributed by atoms with van der Waals surface area (Å²) >= 11 is 0. The second kappa shape index (κ2) is 8.79. The molecular formula is C26H26N6O2. The molecule has 34 heavy (non-hydrogen) atoms. The largest absolute Gasteiger partial charge is 0.454 e. The molecule has 0 aliphatic carbocycles. The van der Waals surface area contributed by atoms with Crippen molar-refractivity contribution in [3.05, 3.63) is 78.2 Å². The van der Waals surface area contributed by atoms with Gasteiger partial charge in [-0.15, -0.1) is 0 Å². The topological polar surface area (TPSA) is 68.5 Å². The molecule has 0 bridgehead atoms. The van der Waals surface area contributed by atoms with E-state index >= 15 is 0 Å². The lowest BCUT2D eigenvalue weighted by atomic mass is 10.1. The molecule has 0 spiro atoms. The molecule has 8 heteroatoms. The van der Waals surface area contributed by atoms with Gasteiger partial charge in [0.2, 0.25) is 12.7 Å². The van der Waals surface area contributed by atoms with E-state index in [1.807, 2.05) is 66.5 Å². The molecule has 2 aromatic carbocycles. The van der Waals surface area contributed by atoms with E-state index in [1.165, 1.54) is 5.56 Å². The van der Waals surface area contributed by atoms with Crippen LogP contribution >= 0.6 is 0 Å². The van der Waals surface area contributed by atoms with Crippen LogP contribution in [0.2, 0.25) is 0 Å². The Hall–Kier alpha value is -3.91. The number of aromatic nitrogens is 4. The van der Waals surface area contributed by atoms with Gasteiger partial charge in [0.25, 0.3) is 0 Å². The molecule has 4 aromatic rings. The van der Waals surface area contributed by atoms with Crippen LogP contribution < -0.4 is 14.4 Å². The van der Waals surface area contributed by atoms with E-state index in [0.717, 1.165) is 72.8 Å². The first-order valence-corrected chi connectivity index (χ1v) is 11.5. The van der Waals surface area contributed by atoms with Crippen LogP contribution in [0.3, 0.4) is 0 Å². The van der Waals surface area contributed by atoms with Crippen LogP contribution in [0.1, 0.15) is 11.3 Å². The summed E-state index contributed by atoms with van der Waals surface area (Å²) in [7, 11) is 0. The number of nitrogens with zero attached hydrogens (tertiary/aromatic N) is 6. The van der Waals surface area contributed by atoms with E-state index in [0.29, 0.717) is 6.79 Å². The molecule has 2 aromatic heterocycles. The number of hydrogen-bond donors (Lipinski definition) is 0. The summed E-state index contributed by atoms with van der Waals surface area (Å²) in [5.41, 5.74) is 5.13. The van der Waals surface area contributed by atoms with E-state index in [4.69, 9.17) is 19.6 Å². The summed E-state index contributed by atoms with van der Waals surface area (Å²) in [6.07, 6.45) is 3.88. The zero-order valence-electron chi connectivity index (χ0n) is 19.1. The van der Waals surface area contributed by atoms with E-state index in [2.05, 4.69) is 26.9 Å². The molecule has 172 valence electrons. The Morgan fingerprint density at radius 3 is 2.59 bits per heavy atom. The third-order valence-electron chi connectivity index (χ3n) is 6.34. The maximum Gasteiger partial charge on any atom is 0.231 e. The van der Waals surface area contributed by atoms with Crippen molar-refractivity contribution in [3.63, 3.8) is 0 Å². The number of benzene rings is 2. The fourth-order valence-corrected chi connectivity index (χ4v) is 4.48. The summed E-state index contributed by atoms with van der Waals surface area (Å²) in [5.74, 6) is 2.44. The lowest BCUT2D eigenvalue weighted by molar-refractivity contribution is 0.174.